The number of hydrogen-bond acceptors (Lipinski definition) is 4. The van der Waals surface area contributed by atoms with Crippen LogP contribution in [0.2, 0.25) is 0 Å². The minimum absolute atomic E-state index is 0.0287. The number of rotatable bonds is 9. The van der Waals surface area contributed by atoms with Gasteiger partial charge in [-0.15, -0.1) is 0 Å². The third-order valence-electron chi connectivity index (χ3n) is 5.58. The largest absolute Gasteiger partial charge is 0.441 e. The van der Waals surface area contributed by atoms with Gasteiger partial charge in [0.05, 0.1) is 18.6 Å². The van der Waals surface area contributed by atoms with Gasteiger partial charge in [-0.1, -0.05) is 50.2 Å². The molecule has 170 valence electrons. The van der Waals surface area contributed by atoms with Gasteiger partial charge in [0.2, 0.25) is 5.91 Å². The lowest BCUT2D eigenvalue weighted by Gasteiger charge is -2.15. The second-order valence-electron chi connectivity index (χ2n) is 8.76. The molecule has 0 aliphatic rings. The summed E-state index contributed by atoms with van der Waals surface area (Å²) < 4.78 is 7.82. The summed E-state index contributed by atoms with van der Waals surface area (Å²) in [6.45, 7) is 6.41. The molecule has 0 spiro atoms. The van der Waals surface area contributed by atoms with Crippen LogP contribution in [0.15, 0.2) is 77.9 Å². The van der Waals surface area contributed by atoms with Crippen LogP contribution in [0.3, 0.4) is 0 Å². The highest BCUT2D eigenvalue weighted by Crippen LogP contribution is 2.22. The smallest absolute Gasteiger partial charge is 0.220 e. The first-order valence-electron chi connectivity index (χ1n) is 11.4. The van der Waals surface area contributed by atoms with Crippen molar-refractivity contribution < 1.29 is 9.21 Å². The van der Waals surface area contributed by atoms with Gasteiger partial charge < -0.3 is 14.3 Å². The molecule has 33 heavy (non-hydrogen) atoms. The quantitative estimate of drug-likeness (QED) is 0.370. The summed E-state index contributed by atoms with van der Waals surface area (Å²) in [5.74, 6) is 1.90. The summed E-state index contributed by atoms with van der Waals surface area (Å²) in [7, 11) is 0. The molecule has 1 N–H and O–H groups in total. The van der Waals surface area contributed by atoms with E-state index in [1.807, 2.05) is 42.0 Å². The van der Waals surface area contributed by atoms with Gasteiger partial charge in [-0.2, -0.15) is 0 Å². The normalized spacial score (nSPS) is 12.1. The highest BCUT2D eigenvalue weighted by Gasteiger charge is 2.13. The van der Waals surface area contributed by atoms with Gasteiger partial charge in [0, 0.05) is 36.5 Å². The van der Waals surface area contributed by atoms with E-state index in [0.717, 1.165) is 29.0 Å². The molecule has 1 amide bonds. The van der Waals surface area contributed by atoms with Gasteiger partial charge in [0.25, 0.3) is 0 Å². The van der Waals surface area contributed by atoms with E-state index in [-0.39, 0.29) is 11.9 Å². The van der Waals surface area contributed by atoms with E-state index < -0.39 is 0 Å². The summed E-state index contributed by atoms with van der Waals surface area (Å²) >= 11 is 0. The molecule has 0 fully saturated rings. The number of nitrogens with zero attached hydrogens (tertiary/aromatic N) is 3. The van der Waals surface area contributed by atoms with Crippen molar-refractivity contribution in [3.05, 3.63) is 90.5 Å². The fraction of sp³-hybridized carbons (Fsp3) is 0.296. The Morgan fingerprint density at radius 3 is 2.48 bits per heavy atom. The zero-order valence-corrected chi connectivity index (χ0v) is 19.4. The molecule has 0 bridgehead atoms. The molecule has 4 aromatic rings. The topological polar surface area (TPSA) is 73.0 Å². The summed E-state index contributed by atoms with van der Waals surface area (Å²) in [5.41, 5.74) is 4.39. The monoisotopic (exact) mass is 442 g/mol. The molecule has 6 heteroatoms. The third-order valence-corrected chi connectivity index (χ3v) is 5.58. The summed E-state index contributed by atoms with van der Waals surface area (Å²) in [6, 6.07) is 16.4. The number of amides is 1. The van der Waals surface area contributed by atoms with E-state index >= 15 is 0 Å². The van der Waals surface area contributed by atoms with Crippen molar-refractivity contribution >= 4 is 5.91 Å². The molecular formula is C27H30N4O2. The Balaban J connectivity index is 1.28. The maximum absolute atomic E-state index is 12.5. The van der Waals surface area contributed by atoms with Crippen LogP contribution in [0.4, 0.5) is 0 Å². The SMILES string of the molecule is CC(C)Cc1ccc(-c2cnc(CCC(=O)N[C@@H](C)c3ccc(-n4ccnc4)cc3)o2)cc1. The maximum atomic E-state index is 12.5. The second kappa shape index (κ2) is 10.3. The Labute approximate surface area is 194 Å². The van der Waals surface area contributed by atoms with Crippen LogP contribution < -0.4 is 5.32 Å². The number of nitrogens with one attached hydrogen (secondary N) is 1. The standard InChI is InChI=1S/C27H30N4O2/c1-19(2)16-21-4-6-23(7-5-21)25-17-29-27(33-25)13-12-26(32)30-20(3)22-8-10-24(11-9-22)31-15-14-28-18-31/h4-11,14-15,17-20H,12-13,16H2,1-3H3,(H,30,32)/t20-/m0/s1. The number of carbonyl (C=O) groups excluding carboxylic acids is 1. The highest BCUT2D eigenvalue weighted by atomic mass is 16.4. The van der Waals surface area contributed by atoms with Crippen molar-refractivity contribution in [2.24, 2.45) is 5.92 Å². The first kappa shape index (κ1) is 22.5. The van der Waals surface area contributed by atoms with Crippen molar-refractivity contribution in [1.29, 1.82) is 0 Å². The van der Waals surface area contributed by atoms with Crippen LogP contribution in [-0.2, 0) is 17.6 Å². The first-order valence-corrected chi connectivity index (χ1v) is 11.4. The minimum atomic E-state index is -0.0844. The lowest BCUT2D eigenvalue weighted by Crippen LogP contribution is -2.26. The van der Waals surface area contributed by atoms with Crippen LogP contribution in [0.5, 0.6) is 0 Å². The molecule has 0 aliphatic heterocycles. The van der Waals surface area contributed by atoms with Crippen LogP contribution in [0, 0.1) is 5.92 Å². The number of imidazole rings is 1. The van der Waals surface area contributed by atoms with Crippen molar-refractivity contribution in [3.8, 4) is 17.0 Å². The van der Waals surface area contributed by atoms with E-state index in [9.17, 15) is 4.79 Å². The number of hydrogen-bond donors (Lipinski definition) is 1. The Morgan fingerprint density at radius 1 is 1.06 bits per heavy atom. The molecule has 0 unspecified atom stereocenters. The van der Waals surface area contributed by atoms with Crippen molar-refractivity contribution in [1.82, 2.24) is 19.9 Å². The second-order valence-corrected chi connectivity index (χ2v) is 8.76. The molecule has 0 saturated heterocycles. The van der Waals surface area contributed by atoms with E-state index in [1.165, 1.54) is 5.56 Å². The Morgan fingerprint density at radius 2 is 1.82 bits per heavy atom. The van der Waals surface area contributed by atoms with Gasteiger partial charge in [-0.05, 0) is 42.5 Å². The van der Waals surface area contributed by atoms with Gasteiger partial charge in [-0.3, -0.25) is 4.79 Å². The third kappa shape index (κ3) is 5.98. The van der Waals surface area contributed by atoms with Crippen LogP contribution in [-0.4, -0.2) is 20.4 Å². The molecule has 2 aromatic heterocycles. The average Bonchev–Trinajstić information content (AvgIpc) is 3.50. The van der Waals surface area contributed by atoms with E-state index in [4.69, 9.17) is 4.42 Å². The average molecular weight is 443 g/mol. The number of aromatic nitrogens is 3. The molecule has 2 heterocycles. The Kier molecular flexibility index (Phi) is 7.03. The number of benzene rings is 2. The van der Waals surface area contributed by atoms with E-state index in [0.29, 0.717) is 24.7 Å². The van der Waals surface area contributed by atoms with Crippen LogP contribution in [0.1, 0.15) is 50.3 Å². The van der Waals surface area contributed by atoms with Crippen molar-refractivity contribution in [2.75, 3.05) is 0 Å². The predicted octanol–water partition coefficient (Wildman–Crippen LogP) is 5.54. The summed E-state index contributed by atoms with van der Waals surface area (Å²) in [5, 5.41) is 3.05. The molecule has 2 aromatic carbocycles. The predicted molar refractivity (Wildman–Crippen MR) is 129 cm³/mol. The van der Waals surface area contributed by atoms with Gasteiger partial charge in [0.15, 0.2) is 11.7 Å². The van der Waals surface area contributed by atoms with Gasteiger partial charge in [0.1, 0.15) is 0 Å². The van der Waals surface area contributed by atoms with E-state index in [1.54, 1.807) is 18.7 Å². The van der Waals surface area contributed by atoms with Crippen molar-refractivity contribution in [3.63, 3.8) is 0 Å². The van der Waals surface area contributed by atoms with Gasteiger partial charge in [-0.25, -0.2) is 9.97 Å². The molecule has 0 aliphatic carbocycles. The number of aryl methyl sites for hydroxylation is 1. The van der Waals surface area contributed by atoms with Gasteiger partial charge >= 0.3 is 0 Å². The van der Waals surface area contributed by atoms with Crippen LogP contribution in [0.25, 0.3) is 17.0 Å². The van der Waals surface area contributed by atoms with E-state index in [2.05, 4.69) is 53.4 Å². The zero-order valence-electron chi connectivity index (χ0n) is 19.4. The fourth-order valence-electron chi connectivity index (χ4n) is 3.80. The zero-order chi connectivity index (χ0) is 23.2. The Bertz CT molecular complexity index is 1160. The lowest BCUT2D eigenvalue weighted by atomic mass is 10.0. The molecule has 1 atom stereocenters. The van der Waals surface area contributed by atoms with Crippen molar-refractivity contribution in [2.45, 2.75) is 46.1 Å². The highest BCUT2D eigenvalue weighted by molar-refractivity contribution is 5.76. The molecule has 0 saturated carbocycles. The summed E-state index contributed by atoms with van der Waals surface area (Å²) in [4.78, 5) is 20.9. The van der Waals surface area contributed by atoms with Crippen LogP contribution >= 0.6 is 0 Å². The lowest BCUT2D eigenvalue weighted by molar-refractivity contribution is -0.121. The fourth-order valence-corrected chi connectivity index (χ4v) is 3.80. The minimum Gasteiger partial charge on any atom is -0.441 e. The first-order chi connectivity index (χ1) is 16.0. The maximum Gasteiger partial charge on any atom is 0.220 e. The number of oxazole rings is 1. The molecule has 6 nitrogen and oxygen atoms in total. The molecular weight excluding hydrogens is 412 g/mol. The summed E-state index contributed by atoms with van der Waals surface area (Å²) in [6.07, 6.45) is 8.98. The molecule has 4 rings (SSSR count). The molecule has 0 radical (unpaired) electrons. The Hall–Kier alpha value is -3.67. The number of carbonyl (C=O) groups is 1.